The summed E-state index contributed by atoms with van der Waals surface area (Å²) in [6.45, 7) is 4.77. The van der Waals surface area contributed by atoms with E-state index in [0.29, 0.717) is 30.4 Å². The molecule has 1 aliphatic rings. The monoisotopic (exact) mass is 287 g/mol. The number of benzene rings is 1. The molecular formula is C15H17N3O3. The maximum absolute atomic E-state index is 12.2. The van der Waals surface area contributed by atoms with Crippen LogP contribution in [0.3, 0.4) is 0 Å². The topological polar surface area (TPSA) is 65.4 Å². The SMILES string of the molecule is Cc1ccn(C(C)C(=O)Nc2ccc3c(c2)OCCO3)n1. The highest BCUT2D eigenvalue weighted by atomic mass is 16.6. The van der Waals surface area contributed by atoms with E-state index in [1.807, 2.05) is 13.0 Å². The van der Waals surface area contributed by atoms with Gasteiger partial charge in [-0.05, 0) is 32.0 Å². The van der Waals surface area contributed by atoms with Gasteiger partial charge >= 0.3 is 0 Å². The molecule has 0 fully saturated rings. The van der Waals surface area contributed by atoms with E-state index >= 15 is 0 Å². The normalized spacial score (nSPS) is 14.6. The van der Waals surface area contributed by atoms with Gasteiger partial charge in [0.25, 0.3) is 0 Å². The number of nitrogens with one attached hydrogen (secondary N) is 1. The van der Waals surface area contributed by atoms with Gasteiger partial charge < -0.3 is 14.8 Å². The number of fused-ring (bicyclic) bond motifs is 1. The number of aryl methyl sites for hydroxylation is 1. The highest BCUT2D eigenvalue weighted by molar-refractivity contribution is 5.93. The van der Waals surface area contributed by atoms with Gasteiger partial charge in [-0.25, -0.2) is 0 Å². The number of hydrogen-bond donors (Lipinski definition) is 1. The summed E-state index contributed by atoms with van der Waals surface area (Å²) in [7, 11) is 0. The van der Waals surface area contributed by atoms with Crippen LogP contribution in [0.15, 0.2) is 30.5 Å². The molecule has 0 radical (unpaired) electrons. The molecule has 3 rings (SSSR count). The lowest BCUT2D eigenvalue weighted by atomic mass is 10.2. The van der Waals surface area contributed by atoms with Crippen LogP contribution in [-0.4, -0.2) is 28.9 Å². The number of aromatic nitrogens is 2. The average Bonchev–Trinajstić information content (AvgIpc) is 2.93. The molecule has 0 aliphatic carbocycles. The molecule has 21 heavy (non-hydrogen) atoms. The van der Waals surface area contributed by atoms with Crippen molar-refractivity contribution >= 4 is 11.6 Å². The fourth-order valence-corrected chi connectivity index (χ4v) is 2.14. The zero-order chi connectivity index (χ0) is 14.8. The van der Waals surface area contributed by atoms with Gasteiger partial charge in [-0.15, -0.1) is 0 Å². The standard InChI is InChI=1S/C15H17N3O3/c1-10-5-6-18(17-10)11(2)15(19)16-12-3-4-13-14(9-12)21-8-7-20-13/h3-6,9,11H,7-8H2,1-2H3,(H,16,19). The van der Waals surface area contributed by atoms with Crippen molar-refractivity contribution in [1.82, 2.24) is 9.78 Å². The molecule has 110 valence electrons. The maximum atomic E-state index is 12.2. The molecule has 1 atom stereocenters. The summed E-state index contributed by atoms with van der Waals surface area (Å²) in [5, 5.41) is 7.12. The van der Waals surface area contributed by atoms with Gasteiger partial charge in [-0.3, -0.25) is 9.48 Å². The molecule has 0 saturated carbocycles. The molecule has 0 saturated heterocycles. The van der Waals surface area contributed by atoms with Crippen molar-refractivity contribution in [3.63, 3.8) is 0 Å². The summed E-state index contributed by atoms with van der Waals surface area (Å²) in [6, 6.07) is 6.85. The van der Waals surface area contributed by atoms with Gasteiger partial charge in [0, 0.05) is 18.0 Å². The van der Waals surface area contributed by atoms with Crippen LogP contribution in [0.5, 0.6) is 11.5 Å². The largest absolute Gasteiger partial charge is 0.486 e. The van der Waals surface area contributed by atoms with Crippen LogP contribution < -0.4 is 14.8 Å². The van der Waals surface area contributed by atoms with Crippen LogP contribution in [0.2, 0.25) is 0 Å². The lowest BCUT2D eigenvalue weighted by Gasteiger charge is -2.19. The molecule has 6 nitrogen and oxygen atoms in total. The van der Waals surface area contributed by atoms with Crippen molar-refractivity contribution < 1.29 is 14.3 Å². The van der Waals surface area contributed by atoms with Crippen molar-refractivity contribution in [3.8, 4) is 11.5 Å². The molecule has 0 bridgehead atoms. The minimum Gasteiger partial charge on any atom is -0.486 e. The fourth-order valence-electron chi connectivity index (χ4n) is 2.14. The number of amides is 1. The van der Waals surface area contributed by atoms with E-state index in [1.54, 1.807) is 36.0 Å². The second-order valence-corrected chi connectivity index (χ2v) is 4.96. The van der Waals surface area contributed by atoms with Gasteiger partial charge in [0.2, 0.25) is 5.91 Å². The highest BCUT2D eigenvalue weighted by Crippen LogP contribution is 2.32. The fraction of sp³-hybridized carbons (Fsp3) is 0.333. The predicted octanol–water partition coefficient (Wildman–Crippen LogP) is 2.16. The minimum atomic E-state index is -0.382. The summed E-state index contributed by atoms with van der Waals surface area (Å²) in [6.07, 6.45) is 1.80. The summed E-state index contributed by atoms with van der Waals surface area (Å²) >= 11 is 0. The van der Waals surface area contributed by atoms with Gasteiger partial charge in [-0.2, -0.15) is 5.10 Å². The van der Waals surface area contributed by atoms with Crippen molar-refractivity contribution in [2.45, 2.75) is 19.9 Å². The number of anilines is 1. The average molecular weight is 287 g/mol. The Morgan fingerprint density at radius 1 is 1.29 bits per heavy atom. The third-order valence-electron chi connectivity index (χ3n) is 3.33. The van der Waals surface area contributed by atoms with Gasteiger partial charge in [-0.1, -0.05) is 0 Å². The molecule has 1 aromatic carbocycles. The van der Waals surface area contributed by atoms with E-state index in [1.165, 1.54) is 0 Å². The van der Waals surface area contributed by atoms with Crippen LogP contribution in [0.25, 0.3) is 0 Å². The number of rotatable bonds is 3. The minimum absolute atomic E-state index is 0.130. The number of hydrogen-bond acceptors (Lipinski definition) is 4. The van der Waals surface area contributed by atoms with Crippen molar-refractivity contribution in [3.05, 3.63) is 36.2 Å². The van der Waals surface area contributed by atoms with Crippen molar-refractivity contribution in [2.24, 2.45) is 0 Å². The second kappa shape index (κ2) is 5.47. The molecule has 1 unspecified atom stereocenters. The van der Waals surface area contributed by atoms with Crippen LogP contribution in [0.4, 0.5) is 5.69 Å². The third kappa shape index (κ3) is 2.84. The number of carbonyl (C=O) groups excluding carboxylic acids is 1. The first-order valence-electron chi connectivity index (χ1n) is 6.86. The molecular weight excluding hydrogens is 270 g/mol. The Kier molecular flexibility index (Phi) is 3.51. The summed E-state index contributed by atoms with van der Waals surface area (Å²) < 4.78 is 12.6. The molecule has 1 amide bonds. The number of carbonyl (C=O) groups is 1. The van der Waals surface area contributed by atoms with Crippen LogP contribution in [0, 0.1) is 6.92 Å². The first-order chi connectivity index (χ1) is 10.1. The highest BCUT2D eigenvalue weighted by Gasteiger charge is 2.17. The number of nitrogens with zero attached hydrogens (tertiary/aromatic N) is 2. The maximum Gasteiger partial charge on any atom is 0.248 e. The van der Waals surface area contributed by atoms with Crippen LogP contribution >= 0.6 is 0 Å². The third-order valence-corrected chi connectivity index (χ3v) is 3.33. The Hall–Kier alpha value is -2.50. The van der Waals surface area contributed by atoms with Gasteiger partial charge in [0.05, 0.1) is 5.69 Å². The zero-order valence-corrected chi connectivity index (χ0v) is 12.0. The van der Waals surface area contributed by atoms with E-state index < -0.39 is 0 Å². The van der Waals surface area contributed by atoms with E-state index in [4.69, 9.17) is 9.47 Å². The summed E-state index contributed by atoms with van der Waals surface area (Å²) in [5.74, 6) is 1.23. The van der Waals surface area contributed by atoms with Crippen molar-refractivity contribution in [1.29, 1.82) is 0 Å². The lowest BCUT2D eigenvalue weighted by Crippen LogP contribution is -2.24. The second-order valence-electron chi connectivity index (χ2n) is 4.96. The molecule has 1 N–H and O–H groups in total. The first-order valence-corrected chi connectivity index (χ1v) is 6.86. The summed E-state index contributed by atoms with van der Waals surface area (Å²) in [5.41, 5.74) is 1.56. The van der Waals surface area contributed by atoms with E-state index in [-0.39, 0.29) is 11.9 Å². The van der Waals surface area contributed by atoms with E-state index in [0.717, 1.165) is 5.69 Å². The molecule has 1 aliphatic heterocycles. The predicted molar refractivity (Wildman–Crippen MR) is 77.7 cm³/mol. The van der Waals surface area contributed by atoms with Gasteiger partial charge in [0.1, 0.15) is 19.3 Å². The smallest absolute Gasteiger partial charge is 0.248 e. The molecule has 6 heteroatoms. The molecule has 2 aromatic rings. The zero-order valence-electron chi connectivity index (χ0n) is 12.0. The van der Waals surface area contributed by atoms with E-state index in [9.17, 15) is 4.79 Å². The quantitative estimate of drug-likeness (QED) is 0.939. The van der Waals surface area contributed by atoms with E-state index in [2.05, 4.69) is 10.4 Å². The molecule has 0 spiro atoms. The Bertz CT molecular complexity index is 666. The first kappa shape index (κ1) is 13.5. The summed E-state index contributed by atoms with van der Waals surface area (Å²) in [4.78, 5) is 12.2. The Labute approximate surface area is 122 Å². The van der Waals surface area contributed by atoms with Crippen molar-refractivity contribution in [2.75, 3.05) is 18.5 Å². The van der Waals surface area contributed by atoms with Crippen LogP contribution in [0.1, 0.15) is 18.7 Å². The number of ether oxygens (including phenoxy) is 2. The van der Waals surface area contributed by atoms with Crippen LogP contribution in [-0.2, 0) is 4.79 Å². The Morgan fingerprint density at radius 2 is 2.05 bits per heavy atom. The lowest BCUT2D eigenvalue weighted by molar-refractivity contribution is -0.119. The Morgan fingerprint density at radius 3 is 2.76 bits per heavy atom. The Balaban J connectivity index is 1.72. The molecule has 1 aromatic heterocycles. The van der Waals surface area contributed by atoms with Gasteiger partial charge in [0.15, 0.2) is 11.5 Å². The molecule has 2 heterocycles.